The Balaban J connectivity index is 1.32. The number of para-hydroxylation sites is 2. The molecule has 0 unspecified atom stereocenters. The largest absolute Gasteiger partial charge is 0.313 e. The molecule has 1 aliphatic carbocycles. The molecular formula is C47H41N5. The van der Waals surface area contributed by atoms with Crippen LogP contribution in [0.1, 0.15) is 49.6 Å². The summed E-state index contributed by atoms with van der Waals surface area (Å²) in [6, 6.07) is 32.9. The third kappa shape index (κ3) is 5.65. The molecule has 0 saturated carbocycles. The molecule has 0 atom stereocenters. The van der Waals surface area contributed by atoms with E-state index in [9.17, 15) is 0 Å². The van der Waals surface area contributed by atoms with Crippen molar-refractivity contribution in [3.05, 3.63) is 176 Å². The number of aromatic nitrogens is 5. The molecule has 3 aromatic heterocycles. The molecule has 0 saturated heterocycles. The lowest BCUT2D eigenvalue weighted by atomic mass is 9.94. The van der Waals surface area contributed by atoms with E-state index in [1.807, 2.05) is 50.3 Å². The van der Waals surface area contributed by atoms with Crippen molar-refractivity contribution in [2.45, 2.75) is 39.5 Å². The number of rotatable bonds is 9. The molecule has 5 nitrogen and oxygen atoms in total. The fraction of sp³-hybridized carbons (Fsp3) is 0.128. The maximum atomic E-state index is 4.97. The quantitative estimate of drug-likeness (QED) is 0.143. The zero-order chi connectivity index (χ0) is 35.6. The van der Waals surface area contributed by atoms with Crippen LogP contribution in [0.3, 0.4) is 0 Å². The van der Waals surface area contributed by atoms with Gasteiger partial charge in [-0.25, -0.2) is 15.0 Å². The van der Waals surface area contributed by atoms with Gasteiger partial charge in [-0.15, -0.1) is 0 Å². The fourth-order valence-corrected chi connectivity index (χ4v) is 7.77. The SMILES string of the molecule is C=C/C=C(\C=C/C)c1nc(C(/C=C\C)=C/C=C)nc(-c2ccc(-n3c4c(c5c3ccc3c6ccccc6n(-c6ccccc6)c35)CCCC4)cc2)n1. The van der Waals surface area contributed by atoms with Crippen LogP contribution in [-0.2, 0) is 12.8 Å². The first-order chi connectivity index (χ1) is 25.6. The number of hydrogen-bond acceptors (Lipinski definition) is 3. The lowest BCUT2D eigenvalue weighted by molar-refractivity contribution is 0.667. The molecule has 0 spiro atoms. The molecule has 8 rings (SSSR count). The summed E-state index contributed by atoms with van der Waals surface area (Å²) >= 11 is 0. The molecule has 52 heavy (non-hydrogen) atoms. The minimum absolute atomic E-state index is 0.588. The van der Waals surface area contributed by atoms with Crippen LogP contribution < -0.4 is 0 Å². The molecule has 5 heteroatoms. The Bertz CT molecular complexity index is 2550. The maximum absolute atomic E-state index is 4.97. The molecule has 4 aromatic carbocycles. The first-order valence-electron chi connectivity index (χ1n) is 18.1. The normalized spacial score (nSPS) is 13.9. The molecule has 1 aliphatic rings. The summed E-state index contributed by atoms with van der Waals surface area (Å²) in [5.74, 6) is 1.79. The van der Waals surface area contributed by atoms with Crippen molar-refractivity contribution in [1.82, 2.24) is 24.1 Å². The van der Waals surface area contributed by atoms with Crippen LogP contribution >= 0.6 is 0 Å². The van der Waals surface area contributed by atoms with Gasteiger partial charge in [-0.05, 0) is 93.6 Å². The number of nitrogens with zero attached hydrogens (tertiary/aromatic N) is 5. The summed E-state index contributed by atoms with van der Waals surface area (Å²) in [6.07, 6.45) is 19.8. The second-order valence-corrected chi connectivity index (χ2v) is 13.1. The van der Waals surface area contributed by atoms with Crippen molar-refractivity contribution < 1.29 is 0 Å². The van der Waals surface area contributed by atoms with E-state index in [-0.39, 0.29) is 0 Å². The van der Waals surface area contributed by atoms with Crippen molar-refractivity contribution in [2.75, 3.05) is 0 Å². The predicted molar refractivity (Wildman–Crippen MR) is 219 cm³/mol. The number of benzene rings is 4. The molecule has 254 valence electrons. The lowest BCUT2D eigenvalue weighted by Gasteiger charge is -2.16. The van der Waals surface area contributed by atoms with Gasteiger partial charge in [-0.1, -0.05) is 104 Å². The standard InChI is InChI=1S/C47H41N5/c1-5-16-32(17-6-2)45-48-46(33(18-7-3)19-8-4)50-47(49-45)34-26-28-36(29-27-34)51-41-25-15-13-23-39(41)43-42(51)31-30-38-37-22-12-14-24-40(37)52(44(38)43)35-20-10-9-11-21-35/h5-12,14,16-22,24,26-31H,1,3,13,15,23,25H2,2,4H3/b17-6-,19-8-,32-16+,33-18+. The van der Waals surface area contributed by atoms with Crippen molar-refractivity contribution in [1.29, 1.82) is 0 Å². The second-order valence-electron chi connectivity index (χ2n) is 13.1. The van der Waals surface area contributed by atoms with Gasteiger partial charge in [0.25, 0.3) is 0 Å². The number of hydrogen-bond donors (Lipinski definition) is 0. The minimum atomic E-state index is 0.588. The smallest absolute Gasteiger partial charge is 0.164 e. The van der Waals surface area contributed by atoms with Crippen molar-refractivity contribution in [3.8, 4) is 22.8 Å². The van der Waals surface area contributed by atoms with Gasteiger partial charge in [0.15, 0.2) is 17.5 Å². The zero-order valence-corrected chi connectivity index (χ0v) is 29.8. The highest BCUT2D eigenvalue weighted by atomic mass is 15.0. The van der Waals surface area contributed by atoms with E-state index in [1.54, 1.807) is 12.2 Å². The van der Waals surface area contributed by atoms with E-state index >= 15 is 0 Å². The van der Waals surface area contributed by atoms with Gasteiger partial charge in [0, 0.05) is 49.9 Å². The summed E-state index contributed by atoms with van der Waals surface area (Å²) in [6.45, 7) is 11.8. The van der Waals surface area contributed by atoms with Gasteiger partial charge in [0.05, 0.1) is 16.6 Å². The lowest BCUT2D eigenvalue weighted by Crippen LogP contribution is -2.07. The van der Waals surface area contributed by atoms with Crippen molar-refractivity contribution in [2.24, 2.45) is 0 Å². The summed E-state index contributed by atoms with van der Waals surface area (Å²) in [5, 5.41) is 3.93. The zero-order valence-electron chi connectivity index (χ0n) is 29.8. The van der Waals surface area contributed by atoms with E-state index < -0.39 is 0 Å². The highest BCUT2D eigenvalue weighted by Crippen LogP contribution is 2.43. The van der Waals surface area contributed by atoms with Crippen LogP contribution in [0.2, 0.25) is 0 Å². The molecule has 7 aromatic rings. The maximum Gasteiger partial charge on any atom is 0.164 e. The van der Waals surface area contributed by atoms with Crippen LogP contribution in [0.25, 0.3) is 66.6 Å². The van der Waals surface area contributed by atoms with Gasteiger partial charge in [0.2, 0.25) is 0 Å². The Morgan fingerprint density at radius 1 is 0.615 bits per heavy atom. The molecule has 0 bridgehead atoms. The van der Waals surface area contributed by atoms with E-state index in [1.165, 1.54) is 62.5 Å². The highest BCUT2D eigenvalue weighted by Gasteiger charge is 2.26. The molecule has 3 heterocycles. The van der Waals surface area contributed by atoms with Crippen LogP contribution in [0.4, 0.5) is 0 Å². The Morgan fingerprint density at radius 3 is 1.92 bits per heavy atom. The fourth-order valence-electron chi connectivity index (χ4n) is 7.77. The first-order valence-corrected chi connectivity index (χ1v) is 18.1. The Labute approximate surface area is 305 Å². The Kier molecular flexibility index (Phi) is 8.92. The third-order valence-corrected chi connectivity index (χ3v) is 9.90. The van der Waals surface area contributed by atoms with Crippen LogP contribution in [-0.4, -0.2) is 24.1 Å². The number of aryl methyl sites for hydroxylation is 1. The number of fused-ring (bicyclic) bond motifs is 7. The molecule has 0 aliphatic heterocycles. The van der Waals surface area contributed by atoms with E-state index in [0.717, 1.165) is 35.2 Å². The monoisotopic (exact) mass is 675 g/mol. The third-order valence-electron chi connectivity index (χ3n) is 9.90. The van der Waals surface area contributed by atoms with Gasteiger partial charge in [-0.3, -0.25) is 0 Å². The topological polar surface area (TPSA) is 48.5 Å². The van der Waals surface area contributed by atoms with E-state index in [2.05, 4.69) is 113 Å². The number of allylic oxidation sites excluding steroid dienone is 10. The molecule has 0 radical (unpaired) electrons. The van der Waals surface area contributed by atoms with Gasteiger partial charge < -0.3 is 9.13 Å². The van der Waals surface area contributed by atoms with Gasteiger partial charge in [0.1, 0.15) is 0 Å². The Hall–Kier alpha value is -6.33. The van der Waals surface area contributed by atoms with Crippen LogP contribution in [0, 0.1) is 0 Å². The average molecular weight is 676 g/mol. The minimum Gasteiger partial charge on any atom is -0.313 e. The van der Waals surface area contributed by atoms with Gasteiger partial charge in [-0.2, -0.15) is 0 Å². The van der Waals surface area contributed by atoms with E-state index in [4.69, 9.17) is 15.0 Å². The summed E-state index contributed by atoms with van der Waals surface area (Å²) < 4.78 is 4.97. The summed E-state index contributed by atoms with van der Waals surface area (Å²) in [4.78, 5) is 14.8. The van der Waals surface area contributed by atoms with Crippen molar-refractivity contribution >= 4 is 43.9 Å². The summed E-state index contributed by atoms with van der Waals surface area (Å²) in [5.41, 5.74) is 11.6. The highest BCUT2D eigenvalue weighted by molar-refractivity contribution is 6.19. The molecule has 0 amide bonds. The van der Waals surface area contributed by atoms with Crippen LogP contribution in [0.5, 0.6) is 0 Å². The van der Waals surface area contributed by atoms with Gasteiger partial charge >= 0.3 is 0 Å². The Morgan fingerprint density at radius 2 is 1.25 bits per heavy atom. The molecular weight excluding hydrogens is 635 g/mol. The summed E-state index contributed by atoms with van der Waals surface area (Å²) in [7, 11) is 0. The second kappa shape index (κ2) is 14.1. The molecule has 0 N–H and O–H groups in total. The predicted octanol–water partition coefficient (Wildman–Crippen LogP) is 11.7. The van der Waals surface area contributed by atoms with E-state index in [0.29, 0.717) is 17.5 Å². The first kappa shape index (κ1) is 32.9. The average Bonchev–Trinajstić information content (AvgIpc) is 3.71. The van der Waals surface area contributed by atoms with Crippen molar-refractivity contribution in [3.63, 3.8) is 0 Å². The van der Waals surface area contributed by atoms with Crippen LogP contribution in [0.15, 0.2) is 153 Å². The molecule has 0 fully saturated rings.